The van der Waals surface area contributed by atoms with E-state index in [4.69, 9.17) is 16.3 Å². The van der Waals surface area contributed by atoms with E-state index in [9.17, 15) is 4.79 Å². The van der Waals surface area contributed by atoms with E-state index in [-0.39, 0.29) is 5.91 Å². The third kappa shape index (κ3) is 3.51. The highest BCUT2D eigenvalue weighted by atomic mass is 35.5. The molecule has 1 aliphatic rings. The minimum atomic E-state index is -0.756. The molecule has 1 amide bonds. The molecule has 1 heterocycles. The molecule has 1 aromatic carbocycles. The summed E-state index contributed by atoms with van der Waals surface area (Å²) in [5.41, 5.74) is 0.298. The summed E-state index contributed by atoms with van der Waals surface area (Å²) in [4.78, 5) is 16.4. The quantitative estimate of drug-likeness (QED) is 0.855. The van der Waals surface area contributed by atoms with Crippen LogP contribution in [0.25, 0.3) is 0 Å². The van der Waals surface area contributed by atoms with E-state index in [1.165, 1.54) is 0 Å². The largest absolute Gasteiger partial charge is 0.363 e. The van der Waals surface area contributed by atoms with Gasteiger partial charge in [0.2, 0.25) is 0 Å². The maximum absolute atomic E-state index is 12.6. The lowest BCUT2D eigenvalue weighted by Gasteiger charge is -2.39. The third-order valence-electron chi connectivity index (χ3n) is 3.60. The SMILES string of the molecule is CN1CCO[C@](C)(C(=O)N(C)Cc2ccc(Cl)cc2)C1. The number of amides is 1. The van der Waals surface area contributed by atoms with Crippen LogP contribution in [0.5, 0.6) is 0 Å². The van der Waals surface area contributed by atoms with E-state index in [0.29, 0.717) is 24.7 Å². The molecule has 1 fully saturated rings. The van der Waals surface area contributed by atoms with Gasteiger partial charge in [-0.05, 0) is 31.7 Å². The van der Waals surface area contributed by atoms with Crippen molar-refractivity contribution in [3.63, 3.8) is 0 Å². The van der Waals surface area contributed by atoms with Crippen molar-refractivity contribution in [2.45, 2.75) is 19.1 Å². The zero-order valence-electron chi connectivity index (χ0n) is 12.2. The monoisotopic (exact) mass is 296 g/mol. The molecule has 2 rings (SSSR count). The first-order valence-electron chi connectivity index (χ1n) is 6.73. The summed E-state index contributed by atoms with van der Waals surface area (Å²) in [6.45, 7) is 4.50. The van der Waals surface area contributed by atoms with E-state index in [1.54, 1.807) is 11.9 Å². The zero-order chi connectivity index (χ0) is 14.8. The maximum Gasteiger partial charge on any atom is 0.255 e. The number of nitrogens with zero attached hydrogens (tertiary/aromatic N) is 2. The zero-order valence-corrected chi connectivity index (χ0v) is 13.0. The Kier molecular flexibility index (Phi) is 4.68. The van der Waals surface area contributed by atoms with Crippen LogP contribution < -0.4 is 0 Å². The fraction of sp³-hybridized carbons (Fsp3) is 0.533. The summed E-state index contributed by atoms with van der Waals surface area (Å²) in [5, 5.41) is 0.701. The van der Waals surface area contributed by atoms with Crippen LogP contribution in [0.15, 0.2) is 24.3 Å². The van der Waals surface area contributed by atoms with Crippen LogP contribution >= 0.6 is 11.6 Å². The molecule has 110 valence electrons. The Hall–Kier alpha value is -1.10. The molecule has 0 spiro atoms. The molecule has 5 heteroatoms. The predicted octanol–water partition coefficient (Wildman–Crippen LogP) is 2.02. The molecule has 0 aliphatic carbocycles. The summed E-state index contributed by atoms with van der Waals surface area (Å²) >= 11 is 5.86. The molecule has 0 unspecified atom stereocenters. The number of carbonyl (C=O) groups excluding carboxylic acids is 1. The maximum atomic E-state index is 12.6. The number of rotatable bonds is 3. The molecule has 0 radical (unpaired) electrons. The van der Waals surface area contributed by atoms with Gasteiger partial charge in [-0.25, -0.2) is 0 Å². The van der Waals surface area contributed by atoms with Crippen LogP contribution in [-0.2, 0) is 16.1 Å². The summed E-state index contributed by atoms with van der Waals surface area (Å²) in [5.74, 6) is 0.0130. The first-order chi connectivity index (χ1) is 9.40. The van der Waals surface area contributed by atoms with Crippen molar-refractivity contribution in [1.82, 2.24) is 9.80 Å². The molecule has 0 saturated carbocycles. The minimum Gasteiger partial charge on any atom is -0.363 e. The van der Waals surface area contributed by atoms with Gasteiger partial charge in [0.1, 0.15) is 0 Å². The number of hydrogen-bond acceptors (Lipinski definition) is 3. The molecule has 4 nitrogen and oxygen atoms in total. The van der Waals surface area contributed by atoms with Crippen LogP contribution in [0.4, 0.5) is 0 Å². The van der Waals surface area contributed by atoms with Crippen molar-refractivity contribution < 1.29 is 9.53 Å². The van der Waals surface area contributed by atoms with Crippen molar-refractivity contribution in [3.8, 4) is 0 Å². The lowest BCUT2D eigenvalue weighted by atomic mass is 10.0. The van der Waals surface area contributed by atoms with Crippen LogP contribution in [-0.4, -0.2) is 55.1 Å². The number of ether oxygens (including phenoxy) is 1. The summed E-state index contributed by atoms with van der Waals surface area (Å²) in [6.07, 6.45) is 0. The van der Waals surface area contributed by atoms with Crippen molar-refractivity contribution in [3.05, 3.63) is 34.9 Å². The standard InChI is InChI=1S/C15H21ClN2O2/c1-15(11-17(2)8-9-20-15)14(19)18(3)10-12-4-6-13(16)7-5-12/h4-7H,8-11H2,1-3H3/t15-/m0/s1. The van der Waals surface area contributed by atoms with Gasteiger partial charge >= 0.3 is 0 Å². The summed E-state index contributed by atoms with van der Waals surface area (Å²) in [7, 11) is 3.81. The first kappa shape index (κ1) is 15.3. The Balaban J connectivity index is 2.02. The molecule has 1 aromatic rings. The summed E-state index contributed by atoms with van der Waals surface area (Å²) in [6, 6.07) is 7.54. The third-order valence-corrected chi connectivity index (χ3v) is 3.85. The highest BCUT2D eigenvalue weighted by Gasteiger charge is 2.39. The number of morpholine rings is 1. The minimum absolute atomic E-state index is 0.0130. The number of benzene rings is 1. The van der Waals surface area contributed by atoms with E-state index in [0.717, 1.165) is 12.1 Å². The molecule has 0 bridgehead atoms. The lowest BCUT2D eigenvalue weighted by Crippen LogP contribution is -2.57. The molecule has 1 atom stereocenters. The molecule has 0 aromatic heterocycles. The van der Waals surface area contributed by atoms with Gasteiger partial charge in [0, 0.05) is 31.7 Å². The Morgan fingerprint density at radius 1 is 1.45 bits per heavy atom. The van der Waals surface area contributed by atoms with Crippen LogP contribution in [0.3, 0.4) is 0 Å². The van der Waals surface area contributed by atoms with Gasteiger partial charge in [-0.3, -0.25) is 4.79 Å². The second kappa shape index (κ2) is 6.12. The molecule has 20 heavy (non-hydrogen) atoms. The van der Waals surface area contributed by atoms with Crippen molar-refractivity contribution in [1.29, 1.82) is 0 Å². The normalized spacial score (nSPS) is 23.6. The van der Waals surface area contributed by atoms with Crippen LogP contribution in [0.1, 0.15) is 12.5 Å². The first-order valence-corrected chi connectivity index (χ1v) is 7.11. The number of likely N-dealkylation sites (N-methyl/N-ethyl adjacent to an activating group) is 2. The fourth-order valence-electron chi connectivity index (χ4n) is 2.54. The van der Waals surface area contributed by atoms with Crippen molar-refractivity contribution >= 4 is 17.5 Å². The predicted molar refractivity (Wildman–Crippen MR) is 79.8 cm³/mol. The average Bonchev–Trinajstić information content (AvgIpc) is 2.40. The van der Waals surface area contributed by atoms with E-state index in [2.05, 4.69) is 4.90 Å². The Bertz CT molecular complexity index is 477. The van der Waals surface area contributed by atoms with Gasteiger partial charge in [-0.2, -0.15) is 0 Å². The van der Waals surface area contributed by atoms with Crippen LogP contribution in [0, 0.1) is 0 Å². The highest BCUT2D eigenvalue weighted by molar-refractivity contribution is 6.30. The number of carbonyl (C=O) groups is 1. The number of halogens is 1. The Morgan fingerprint density at radius 3 is 2.70 bits per heavy atom. The van der Waals surface area contributed by atoms with Crippen LogP contribution in [0.2, 0.25) is 5.02 Å². The highest BCUT2D eigenvalue weighted by Crippen LogP contribution is 2.20. The van der Waals surface area contributed by atoms with Gasteiger partial charge in [-0.15, -0.1) is 0 Å². The summed E-state index contributed by atoms with van der Waals surface area (Å²) < 4.78 is 5.72. The molecule has 0 N–H and O–H groups in total. The molecule has 1 saturated heterocycles. The van der Waals surface area contributed by atoms with Gasteiger partial charge in [-0.1, -0.05) is 23.7 Å². The average molecular weight is 297 g/mol. The smallest absolute Gasteiger partial charge is 0.255 e. The molecular weight excluding hydrogens is 276 g/mol. The van der Waals surface area contributed by atoms with Gasteiger partial charge in [0.15, 0.2) is 5.60 Å². The molecular formula is C15H21ClN2O2. The second-order valence-electron chi connectivity index (χ2n) is 5.60. The number of hydrogen-bond donors (Lipinski definition) is 0. The lowest BCUT2D eigenvalue weighted by molar-refractivity contribution is -0.165. The van der Waals surface area contributed by atoms with Gasteiger partial charge < -0.3 is 14.5 Å². The van der Waals surface area contributed by atoms with Gasteiger partial charge in [0.05, 0.1) is 6.61 Å². The van der Waals surface area contributed by atoms with E-state index >= 15 is 0 Å². The Morgan fingerprint density at radius 2 is 2.10 bits per heavy atom. The second-order valence-corrected chi connectivity index (χ2v) is 6.04. The molecule has 1 aliphatic heterocycles. The van der Waals surface area contributed by atoms with Gasteiger partial charge in [0.25, 0.3) is 5.91 Å². The topological polar surface area (TPSA) is 32.8 Å². The van der Waals surface area contributed by atoms with E-state index < -0.39 is 5.60 Å². The van der Waals surface area contributed by atoms with E-state index in [1.807, 2.05) is 38.2 Å². The Labute approximate surface area is 125 Å². The van der Waals surface area contributed by atoms with Crippen molar-refractivity contribution in [2.24, 2.45) is 0 Å². The van der Waals surface area contributed by atoms with Crippen molar-refractivity contribution in [2.75, 3.05) is 33.8 Å². The fourth-order valence-corrected chi connectivity index (χ4v) is 2.66.